The predicted molar refractivity (Wildman–Crippen MR) is 168 cm³/mol. The van der Waals surface area contributed by atoms with Crippen LogP contribution in [0.4, 0.5) is 11.5 Å². The summed E-state index contributed by atoms with van der Waals surface area (Å²) in [6.07, 6.45) is 5.49. The maximum absolute atomic E-state index is 11.6. The lowest BCUT2D eigenvalue weighted by atomic mass is 10.2. The fourth-order valence-corrected chi connectivity index (χ4v) is 3.40. The largest absolute Gasteiger partial charge is 0.466 e. The van der Waals surface area contributed by atoms with Gasteiger partial charge in [0.15, 0.2) is 0 Å². The molecule has 0 saturated heterocycles. The average Bonchev–Trinajstić information content (AvgIpc) is 2.92. The van der Waals surface area contributed by atoms with E-state index in [1.54, 1.807) is 0 Å². The number of ether oxygens (including phenoxy) is 1. The number of nitrogens with zero attached hydrogens (tertiary/aromatic N) is 3. The molecule has 3 N–H and O–H groups in total. The molecule has 1 aromatic carbocycles. The lowest BCUT2D eigenvalue weighted by Gasteiger charge is -2.24. The van der Waals surface area contributed by atoms with Gasteiger partial charge in [0, 0.05) is 44.7 Å². The second kappa shape index (κ2) is 24.4. The van der Waals surface area contributed by atoms with Crippen LogP contribution in [0.1, 0.15) is 85.5 Å². The van der Waals surface area contributed by atoms with Crippen LogP contribution in [-0.4, -0.2) is 62.4 Å². The molecular formula is C31H57N5O2. The van der Waals surface area contributed by atoms with E-state index in [1.807, 2.05) is 83.9 Å². The number of hydrogen-bond acceptors (Lipinski definition) is 7. The van der Waals surface area contributed by atoms with E-state index < -0.39 is 0 Å². The lowest BCUT2D eigenvalue weighted by molar-refractivity contribution is -0.144. The van der Waals surface area contributed by atoms with Crippen LogP contribution in [0.25, 0.3) is 0 Å². The maximum atomic E-state index is 11.6. The smallest absolute Gasteiger partial charge is 0.307 e. The molecule has 1 heterocycles. The molecule has 0 bridgehead atoms. The van der Waals surface area contributed by atoms with E-state index in [4.69, 9.17) is 15.9 Å². The summed E-state index contributed by atoms with van der Waals surface area (Å²) in [5, 5.41) is 6.92. The number of anilines is 2. The van der Waals surface area contributed by atoms with Crippen LogP contribution < -0.4 is 10.6 Å². The van der Waals surface area contributed by atoms with Crippen LogP contribution in [0.5, 0.6) is 0 Å². The highest BCUT2D eigenvalue weighted by atomic mass is 16.5. The molecule has 0 aliphatic carbocycles. The Hall–Kier alpha value is -2.93. The number of nitrogens with two attached hydrogens (primary N) is 1. The van der Waals surface area contributed by atoms with Crippen molar-refractivity contribution in [2.45, 2.75) is 80.6 Å². The molecule has 0 radical (unpaired) electrons. The summed E-state index contributed by atoms with van der Waals surface area (Å²) in [7, 11) is 3.88. The van der Waals surface area contributed by atoms with Crippen molar-refractivity contribution < 1.29 is 11.0 Å². The minimum atomic E-state index is -0.146. The number of carbonyl (C=O) groups excluding carboxylic acids is 1. The molecule has 0 unspecified atom stereocenters. The zero-order chi connectivity index (χ0) is 29.3. The van der Waals surface area contributed by atoms with Crippen LogP contribution >= 0.6 is 0 Å². The Kier molecular flexibility index (Phi) is 23.9. The molecule has 0 spiro atoms. The van der Waals surface area contributed by atoms with E-state index in [0.29, 0.717) is 25.4 Å². The molecule has 0 saturated carbocycles. The van der Waals surface area contributed by atoms with E-state index in [-0.39, 0.29) is 7.40 Å². The summed E-state index contributed by atoms with van der Waals surface area (Å²) in [6.45, 7) is 17.5. The Bertz CT molecular complexity index is 872. The topological polar surface area (TPSA) is 95.5 Å². The molecule has 0 aliphatic heterocycles. The number of aromatic nitrogens is 1. The highest BCUT2D eigenvalue weighted by Gasteiger charge is 2.09. The van der Waals surface area contributed by atoms with Gasteiger partial charge >= 0.3 is 5.97 Å². The molecule has 2 aromatic rings. The van der Waals surface area contributed by atoms with Crippen LogP contribution in [-0.2, 0) is 16.0 Å². The van der Waals surface area contributed by atoms with Gasteiger partial charge in [0.05, 0.1) is 13.0 Å². The Morgan fingerprint density at radius 2 is 1.68 bits per heavy atom. The van der Waals surface area contributed by atoms with Crippen LogP contribution in [0.15, 0.2) is 36.4 Å². The van der Waals surface area contributed by atoms with Gasteiger partial charge in [-0.15, -0.1) is 0 Å². The number of esters is 1. The van der Waals surface area contributed by atoms with Crippen molar-refractivity contribution in [2.24, 2.45) is 0 Å². The standard InChI is InChI=1S/C19H34N4O2.C8H9N.2C2H6.H2/c1-5-10-23(11-6-2)17-14-16(21-18(20)15-17)8-7-13-25-19(24)9-12-22(3)4;1-7-3-2-4-8(5-7)6-9;2*1-2;/h14-15H,5-13H2,1-4H3,(H2,20,21);2-6,9H,1H3;2*1-2H3;1H. The Morgan fingerprint density at radius 3 is 2.18 bits per heavy atom. The summed E-state index contributed by atoms with van der Waals surface area (Å²) < 4.78 is 5.26. The third kappa shape index (κ3) is 18.3. The molecule has 0 aliphatic rings. The fourth-order valence-electron chi connectivity index (χ4n) is 3.40. The summed E-state index contributed by atoms with van der Waals surface area (Å²) in [4.78, 5) is 20.3. The molecule has 0 atom stereocenters. The van der Waals surface area contributed by atoms with E-state index in [9.17, 15) is 4.79 Å². The third-order valence-electron chi connectivity index (χ3n) is 5.05. The summed E-state index contributed by atoms with van der Waals surface area (Å²) in [6, 6.07) is 11.9. The third-order valence-corrected chi connectivity index (χ3v) is 5.05. The average molecular weight is 532 g/mol. The fraction of sp³-hybridized carbons (Fsp3) is 0.581. The van der Waals surface area contributed by atoms with Gasteiger partial charge in [-0.1, -0.05) is 71.4 Å². The molecule has 0 fully saturated rings. The van der Waals surface area contributed by atoms with E-state index >= 15 is 0 Å². The first-order valence-electron chi connectivity index (χ1n) is 14.2. The Balaban J connectivity index is -0.000000770. The highest BCUT2D eigenvalue weighted by Crippen LogP contribution is 2.20. The van der Waals surface area contributed by atoms with Crippen LogP contribution in [0, 0.1) is 12.3 Å². The van der Waals surface area contributed by atoms with Crippen molar-refractivity contribution in [3.05, 3.63) is 53.2 Å². The zero-order valence-electron chi connectivity index (χ0n) is 25.6. The summed E-state index contributed by atoms with van der Waals surface area (Å²) in [5.74, 6) is 0.402. The van der Waals surface area contributed by atoms with E-state index in [0.717, 1.165) is 55.7 Å². The van der Waals surface area contributed by atoms with Gasteiger partial charge in [-0.05, 0) is 58.3 Å². The van der Waals surface area contributed by atoms with Crippen molar-refractivity contribution in [1.29, 1.82) is 5.41 Å². The number of benzene rings is 1. The van der Waals surface area contributed by atoms with Gasteiger partial charge in [0.1, 0.15) is 5.82 Å². The number of nitrogens with one attached hydrogen (secondary N) is 1. The van der Waals surface area contributed by atoms with Crippen molar-refractivity contribution >= 4 is 23.7 Å². The molecule has 0 amide bonds. The molecule has 38 heavy (non-hydrogen) atoms. The lowest BCUT2D eigenvalue weighted by Crippen LogP contribution is -2.25. The number of carbonyl (C=O) groups is 1. The van der Waals surface area contributed by atoms with Gasteiger partial charge in [0.2, 0.25) is 0 Å². The van der Waals surface area contributed by atoms with Gasteiger partial charge in [0.25, 0.3) is 0 Å². The van der Waals surface area contributed by atoms with Crippen molar-refractivity contribution in [1.82, 2.24) is 9.88 Å². The van der Waals surface area contributed by atoms with Gasteiger partial charge < -0.3 is 25.7 Å². The van der Waals surface area contributed by atoms with Crippen molar-refractivity contribution in [3.63, 3.8) is 0 Å². The first-order chi connectivity index (χ1) is 18.3. The van der Waals surface area contributed by atoms with Gasteiger partial charge in [-0.3, -0.25) is 4.79 Å². The molecule has 2 rings (SSSR count). The minimum Gasteiger partial charge on any atom is -0.466 e. The second-order valence-electron chi connectivity index (χ2n) is 8.66. The molecule has 1 aromatic heterocycles. The number of pyridine rings is 1. The van der Waals surface area contributed by atoms with Crippen molar-refractivity contribution in [3.8, 4) is 0 Å². The van der Waals surface area contributed by atoms with E-state index in [2.05, 4.69) is 29.8 Å². The number of hydrogen-bond donors (Lipinski definition) is 2. The Morgan fingerprint density at radius 1 is 1.05 bits per heavy atom. The highest BCUT2D eigenvalue weighted by molar-refractivity contribution is 5.77. The van der Waals surface area contributed by atoms with E-state index in [1.165, 1.54) is 11.8 Å². The number of aryl methyl sites for hydroxylation is 2. The monoisotopic (exact) mass is 531 g/mol. The molecule has 7 heteroatoms. The SMILES string of the molecule is CC.CC.CCCN(CCC)c1cc(N)nc(CCCOC(=O)CCN(C)C)c1.Cc1cccc(C=N)c1.[HH]. The van der Waals surface area contributed by atoms with Crippen LogP contribution in [0.3, 0.4) is 0 Å². The summed E-state index contributed by atoms with van der Waals surface area (Å²) >= 11 is 0. The van der Waals surface area contributed by atoms with Crippen molar-refractivity contribution in [2.75, 3.05) is 51.0 Å². The predicted octanol–water partition coefficient (Wildman–Crippen LogP) is 7.01. The second-order valence-corrected chi connectivity index (χ2v) is 8.66. The minimum absolute atomic E-state index is 0. The number of rotatable bonds is 13. The number of nitrogen functional groups attached to an aromatic ring is 1. The van der Waals surface area contributed by atoms with Gasteiger partial charge in [-0.25, -0.2) is 4.98 Å². The molecular weight excluding hydrogens is 474 g/mol. The summed E-state index contributed by atoms with van der Waals surface area (Å²) in [5.41, 5.74) is 10.2. The Labute approximate surface area is 234 Å². The molecule has 218 valence electrons. The first-order valence-corrected chi connectivity index (χ1v) is 14.2. The normalized spacial score (nSPS) is 9.63. The van der Waals surface area contributed by atoms with Crippen LogP contribution in [0.2, 0.25) is 0 Å². The first kappa shape index (κ1) is 37.2. The zero-order valence-corrected chi connectivity index (χ0v) is 25.6. The quantitative estimate of drug-likeness (QED) is 0.164. The maximum Gasteiger partial charge on any atom is 0.307 e. The van der Waals surface area contributed by atoms with Gasteiger partial charge in [-0.2, -0.15) is 0 Å². The molecule has 7 nitrogen and oxygen atoms in total.